The van der Waals surface area contributed by atoms with Crippen LogP contribution in [0.4, 0.5) is 13.2 Å². The van der Waals surface area contributed by atoms with E-state index in [1.54, 1.807) is 18.2 Å². The first-order valence-corrected chi connectivity index (χ1v) is 5.93. The fraction of sp³-hybridized carbons (Fsp3) is 0.133. The van der Waals surface area contributed by atoms with Crippen molar-refractivity contribution in [2.24, 2.45) is 0 Å². The maximum atomic E-state index is 13.2. The van der Waals surface area contributed by atoms with Crippen LogP contribution in [0.3, 0.4) is 0 Å². The van der Waals surface area contributed by atoms with E-state index in [0.717, 1.165) is 19.2 Å². The summed E-state index contributed by atoms with van der Waals surface area (Å²) in [6.07, 6.45) is -4.83. The van der Waals surface area contributed by atoms with E-state index in [1.807, 2.05) is 0 Å². The highest BCUT2D eigenvalue weighted by atomic mass is 19.4. The third kappa shape index (κ3) is 2.84. The van der Waals surface area contributed by atoms with Crippen molar-refractivity contribution in [1.29, 1.82) is 0 Å². The van der Waals surface area contributed by atoms with Crippen molar-refractivity contribution in [3.05, 3.63) is 59.2 Å². The number of methoxy groups -OCH3 is 1. The van der Waals surface area contributed by atoms with E-state index in [1.165, 1.54) is 12.1 Å². The third-order valence-corrected chi connectivity index (χ3v) is 2.91. The highest BCUT2D eigenvalue weighted by molar-refractivity contribution is 6.10. The number of hydrogen-bond acceptors (Lipinski definition) is 3. The predicted octanol–water partition coefficient (Wildman–Crippen LogP) is 3.65. The molecular weight excluding hydrogens is 285 g/mol. The quantitative estimate of drug-likeness (QED) is 0.879. The molecule has 0 aliphatic carbocycles. The molecule has 0 amide bonds. The minimum Gasteiger partial charge on any atom is -0.504 e. The van der Waals surface area contributed by atoms with Crippen LogP contribution in [0.25, 0.3) is 0 Å². The molecular formula is C15H11F3O3. The lowest BCUT2D eigenvalue weighted by atomic mass is 9.97. The molecule has 0 aliphatic heterocycles. The van der Waals surface area contributed by atoms with E-state index in [9.17, 15) is 23.1 Å². The smallest absolute Gasteiger partial charge is 0.420 e. The lowest BCUT2D eigenvalue weighted by Gasteiger charge is -2.17. The topological polar surface area (TPSA) is 46.5 Å². The molecule has 0 bridgehead atoms. The molecule has 0 heterocycles. The molecule has 21 heavy (non-hydrogen) atoms. The lowest BCUT2D eigenvalue weighted by molar-refractivity contribution is -0.139. The van der Waals surface area contributed by atoms with E-state index < -0.39 is 34.6 Å². The third-order valence-electron chi connectivity index (χ3n) is 2.91. The molecule has 1 N–H and O–H groups in total. The number of rotatable bonds is 3. The highest BCUT2D eigenvalue weighted by Gasteiger charge is 2.40. The van der Waals surface area contributed by atoms with Gasteiger partial charge in [-0.3, -0.25) is 4.79 Å². The van der Waals surface area contributed by atoms with Gasteiger partial charge in [0, 0.05) is 11.1 Å². The molecule has 0 atom stereocenters. The molecule has 3 nitrogen and oxygen atoms in total. The zero-order chi connectivity index (χ0) is 15.6. The van der Waals surface area contributed by atoms with Gasteiger partial charge in [0.2, 0.25) is 0 Å². The van der Waals surface area contributed by atoms with Crippen molar-refractivity contribution >= 4 is 5.78 Å². The number of ether oxygens (including phenoxy) is 1. The van der Waals surface area contributed by atoms with Crippen molar-refractivity contribution in [3.8, 4) is 11.5 Å². The first-order chi connectivity index (χ1) is 9.86. The summed E-state index contributed by atoms with van der Waals surface area (Å²) < 4.78 is 44.2. The van der Waals surface area contributed by atoms with Crippen LogP contribution in [0.2, 0.25) is 0 Å². The van der Waals surface area contributed by atoms with Gasteiger partial charge < -0.3 is 9.84 Å². The lowest BCUT2D eigenvalue weighted by Crippen LogP contribution is -2.15. The summed E-state index contributed by atoms with van der Waals surface area (Å²) in [6.45, 7) is 0. The largest absolute Gasteiger partial charge is 0.504 e. The molecule has 0 fully saturated rings. The van der Waals surface area contributed by atoms with E-state index >= 15 is 0 Å². The summed E-state index contributed by atoms with van der Waals surface area (Å²) in [5.74, 6) is -2.22. The first kappa shape index (κ1) is 14.9. The number of ketones is 1. The Labute approximate surface area is 118 Å². The zero-order valence-electron chi connectivity index (χ0n) is 10.9. The Balaban J connectivity index is 2.67. The van der Waals surface area contributed by atoms with Crippen LogP contribution in [-0.2, 0) is 6.18 Å². The molecule has 0 radical (unpaired) electrons. The molecule has 0 saturated heterocycles. The Morgan fingerprint density at radius 2 is 1.71 bits per heavy atom. The van der Waals surface area contributed by atoms with Gasteiger partial charge in [-0.05, 0) is 12.1 Å². The van der Waals surface area contributed by atoms with Crippen LogP contribution in [0, 0.1) is 0 Å². The average Bonchev–Trinajstić information content (AvgIpc) is 2.46. The van der Waals surface area contributed by atoms with Gasteiger partial charge in [0.1, 0.15) is 5.56 Å². The van der Waals surface area contributed by atoms with Gasteiger partial charge in [-0.25, -0.2) is 0 Å². The first-order valence-electron chi connectivity index (χ1n) is 5.93. The van der Waals surface area contributed by atoms with E-state index in [4.69, 9.17) is 0 Å². The number of halogens is 3. The molecule has 0 saturated carbocycles. The van der Waals surface area contributed by atoms with Crippen LogP contribution < -0.4 is 4.74 Å². The molecule has 0 unspecified atom stereocenters. The summed E-state index contributed by atoms with van der Waals surface area (Å²) in [7, 11) is 1.00. The van der Waals surface area contributed by atoms with Gasteiger partial charge in [0.15, 0.2) is 17.3 Å². The predicted molar refractivity (Wildman–Crippen MR) is 69.5 cm³/mol. The standard InChI is InChI=1S/C15H11F3O3/c1-21-14-11(19)8-7-10(12(14)15(16,17)18)13(20)9-5-3-2-4-6-9/h2-8,19H,1H3. The maximum absolute atomic E-state index is 13.2. The Morgan fingerprint density at radius 3 is 2.24 bits per heavy atom. The summed E-state index contributed by atoms with van der Waals surface area (Å²) in [5, 5.41) is 9.50. The second-order valence-electron chi connectivity index (χ2n) is 4.23. The molecule has 110 valence electrons. The molecule has 0 spiro atoms. The molecule has 6 heteroatoms. The van der Waals surface area contributed by atoms with Crippen molar-refractivity contribution in [2.75, 3.05) is 7.11 Å². The fourth-order valence-corrected chi connectivity index (χ4v) is 1.99. The fourth-order valence-electron chi connectivity index (χ4n) is 1.99. The van der Waals surface area contributed by atoms with Gasteiger partial charge in [-0.1, -0.05) is 30.3 Å². The number of benzene rings is 2. The minimum atomic E-state index is -4.83. The van der Waals surface area contributed by atoms with Gasteiger partial charge in [0.25, 0.3) is 0 Å². The van der Waals surface area contributed by atoms with Gasteiger partial charge in [-0.2, -0.15) is 13.2 Å². The number of hydrogen-bond donors (Lipinski definition) is 1. The Kier molecular flexibility index (Phi) is 3.88. The summed E-state index contributed by atoms with van der Waals surface area (Å²) >= 11 is 0. The van der Waals surface area contributed by atoms with Crippen LogP contribution >= 0.6 is 0 Å². The van der Waals surface area contributed by atoms with Crippen molar-refractivity contribution < 1.29 is 27.8 Å². The van der Waals surface area contributed by atoms with E-state index in [0.29, 0.717) is 0 Å². The second kappa shape index (κ2) is 5.47. The summed E-state index contributed by atoms with van der Waals surface area (Å²) in [6, 6.07) is 9.54. The number of phenolic OH excluding ortho intramolecular Hbond substituents is 1. The Morgan fingerprint density at radius 1 is 1.10 bits per heavy atom. The molecule has 0 aromatic heterocycles. The van der Waals surface area contributed by atoms with Crippen LogP contribution in [0.15, 0.2) is 42.5 Å². The maximum Gasteiger partial charge on any atom is 0.420 e. The molecule has 2 rings (SSSR count). The molecule has 2 aromatic carbocycles. The monoisotopic (exact) mass is 296 g/mol. The number of alkyl halides is 3. The normalized spacial score (nSPS) is 11.2. The van der Waals surface area contributed by atoms with E-state index in [-0.39, 0.29) is 5.56 Å². The number of carbonyl (C=O) groups excluding carboxylic acids is 1. The number of phenols is 1. The highest BCUT2D eigenvalue weighted by Crippen LogP contribution is 2.43. The molecule has 0 aliphatic rings. The van der Waals surface area contributed by atoms with Crippen molar-refractivity contribution in [3.63, 3.8) is 0 Å². The second-order valence-corrected chi connectivity index (χ2v) is 4.23. The van der Waals surface area contributed by atoms with Crippen molar-refractivity contribution in [1.82, 2.24) is 0 Å². The minimum absolute atomic E-state index is 0.121. The Hall–Kier alpha value is -2.50. The van der Waals surface area contributed by atoms with Crippen LogP contribution in [0.1, 0.15) is 21.5 Å². The SMILES string of the molecule is COc1c(O)ccc(C(=O)c2ccccc2)c1C(F)(F)F. The van der Waals surface area contributed by atoms with Gasteiger partial charge in [0.05, 0.1) is 7.11 Å². The van der Waals surface area contributed by atoms with Crippen LogP contribution in [0.5, 0.6) is 11.5 Å². The molecule has 2 aromatic rings. The van der Waals surface area contributed by atoms with Crippen LogP contribution in [-0.4, -0.2) is 18.0 Å². The average molecular weight is 296 g/mol. The Bertz CT molecular complexity index is 664. The van der Waals surface area contributed by atoms with E-state index in [2.05, 4.69) is 4.74 Å². The van der Waals surface area contributed by atoms with Gasteiger partial charge >= 0.3 is 6.18 Å². The van der Waals surface area contributed by atoms with Crippen molar-refractivity contribution in [2.45, 2.75) is 6.18 Å². The zero-order valence-corrected chi connectivity index (χ0v) is 10.9. The summed E-state index contributed by atoms with van der Waals surface area (Å²) in [5.41, 5.74) is -1.72. The summed E-state index contributed by atoms with van der Waals surface area (Å²) in [4.78, 5) is 12.3. The number of carbonyl (C=O) groups is 1. The van der Waals surface area contributed by atoms with Gasteiger partial charge in [-0.15, -0.1) is 0 Å². The number of aromatic hydroxyl groups is 1.